The van der Waals surface area contributed by atoms with E-state index in [4.69, 9.17) is 4.74 Å². The Kier molecular flexibility index (Phi) is 5.28. The Bertz CT molecular complexity index is 1050. The van der Waals surface area contributed by atoms with Gasteiger partial charge in [0.2, 0.25) is 5.91 Å². The third-order valence-electron chi connectivity index (χ3n) is 5.99. The minimum Gasteiger partial charge on any atom is -0.390 e. The highest BCUT2D eigenvalue weighted by atomic mass is 19.4. The van der Waals surface area contributed by atoms with Crippen LogP contribution >= 0.6 is 0 Å². The number of hydrogen-bond acceptors (Lipinski definition) is 4. The van der Waals surface area contributed by atoms with Crippen LogP contribution in [0.5, 0.6) is 0 Å². The molecule has 1 amide bonds. The van der Waals surface area contributed by atoms with E-state index in [-0.39, 0.29) is 23.4 Å². The molecule has 0 unspecified atom stereocenters. The van der Waals surface area contributed by atoms with E-state index in [1.807, 2.05) is 0 Å². The predicted octanol–water partition coefficient (Wildman–Crippen LogP) is 3.64. The Morgan fingerprint density at radius 3 is 2.47 bits per heavy atom. The van der Waals surface area contributed by atoms with E-state index in [2.05, 4.69) is 10.4 Å². The summed E-state index contributed by atoms with van der Waals surface area (Å²) in [6.07, 6.45) is -12.0. The average Bonchev–Trinajstić information content (AvgIpc) is 3.33. The number of aliphatic hydroxyl groups is 1. The highest BCUT2D eigenvalue weighted by Crippen LogP contribution is 2.50. The Morgan fingerprint density at radius 2 is 1.88 bits per heavy atom. The normalized spacial score (nSPS) is 27.7. The zero-order valence-electron chi connectivity index (χ0n) is 16.8. The molecule has 2 saturated heterocycles. The number of nitrogens with zero attached hydrogens (tertiary/aromatic N) is 2. The summed E-state index contributed by atoms with van der Waals surface area (Å²) in [5.74, 6) is -2.68. The second kappa shape index (κ2) is 7.48. The minimum atomic E-state index is -4.71. The molecule has 3 heterocycles. The lowest BCUT2D eigenvalue weighted by Gasteiger charge is -2.30. The monoisotopic (exact) mass is 463 g/mol. The molecule has 2 aliphatic heterocycles. The fourth-order valence-corrected chi connectivity index (χ4v) is 4.56. The highest BCUT2D eigenvalue weighted by Gasteiger charge is 2.58. The number of amides is 1. The first-order valence-corrected chi connectivity index (χ1v) is 9.70. The Morgan fingerprint density at radius 1 is 1.19 bits per heavy atom. The highest BCUT2D eigenvalue weighted by molar-refractivity contribution is 5.94. The fourth-order valence-electron chi connectivity index (χ4n) is 4.56. The smallest absolute Gasteiger partial charge is 0.390 e. The first-order chi connectivity index (χ1) is 14.8. The van der Waals surface area contributed by atoms with Gasteiger partial charge >= 0.3 is 12.4 Å². The molecule has 2 N–H and O–H groups in total. The molecule has 174 valence electrons. The number of carbonyl (C=O) groups excluding carboxylic acids is 1. The summed E-state index contributed by atoms with van der Waals surface area (Å²) in [6.45, 7) is 1.29. The number of hydrogen-bond donors (Lipinski definition) is 2. The van der Waals surface area contributed by atoms with Gasteiger partial charge in [-0.2, -0.15) is 31.4 Å². The number of rotatable bonds is 3. The molecule has 6 nitrogen and oxygen atoms in total. The molecule has 0 spiro atoms. The van der Waals surface area contributed by atoms with E-state index in [9.17, 15) is 36.2 Å². The summed E-state index contributed by atoms with van der Waals surface area (Å²) in [4.78, 5) is 13.1. The molecule has 1 aromatic carbocycles. The molecule has 0 saturated carbocycles. The lowest BCUT2D eigenvalue weighted by molar-refractivity contribution is -0.141. The van der Waals surface area contributed by atoms with Crippen LogP contribution in [-0.4, -0.2) is 39.1 Å². The lowest BCUT2D eigenvalue weighted by Crippen LogP contribution is -2.41. The molecule has 0 aliphatic carbocycles. The van der Waals surface area contributed by atoms with Crippen molar-refractivity contribution in [3.8, 4) is 0 Å². The van der Waals surface area contributed by atoms with Crippen molar-refractivity contribution in [2.45, 2.75) is 49.9 Å². The topological polar surface area (TPSA) is 76.4 Å². The maximum Gasteiger partial charge on any atom is 0.435 e. The van der Waals surface area contributed by atoms with E-state index in [1.54, 1.807) is 0 Å². The number of nitrogens with one attached hydrogen (secondary N) is 1. The summed E-state index contributed by atoms with van der Waals surface area (Å²) in [5.41, 5.74) is -2.14. The molecule has 2 bridgehead atoms. The second-order valence-corrected chi connectivity index (χ2v) is 8.09. The van der Waals surface area contributed by atoms with Crippen molar-refractivity contribution in [2.75, 3.05) is 5.32 Å². The van der Waals surface area contributed by atoms with Crippen LogP contribution in [0.25, 0.3) is 0 Å². The minimum absolute atomic E-state index is 0.0191. The van der Waals surface area contributed by atoms with Crippen LogP contribution in [0.15, 0.2) is 24.3 Å². The molecule has 5 atom stereocenters. The van der Waals surface area contributed by atoms with Gasteiger partial charge in [-0.25, -0.2) is 0 Å². The number of anilines is 1. The van der Waals surface area contributed by atoms with Crippen LogP contribution in [0.4, 0.5) is 32.0 Å². The summed E-state index contributed by atoms with van der Waals surface area (Å²) in [6, 6.07) is 4.13. The standard InChI is InChI=1S/C20H19F6N3O3/c1-8-3-4-9(5-10(8)19(21,22)23)27-18(31)16-13-7-12(30)17(32-13)15(16)11-6-14(20(24,25)26)28-29(11)2/h3-6,12-13,15-17,30H,7H2,1-2H3,(H,27,31)/t12-,13+,15+,16-,17-/m0/s1. The fraction of sp³-hybridized carbons (Fsp3) is 0.500. The van der Waals surface area contributed by atoms with E-state index < -0.39 is 59.7 Å². The van der Waals surface area contributed by atoms with Crippen LogP contribution < -0.4 is 5.32 Å². The first kappa shape index (κ1) is 22.6. The Labute approximate surface area is 178 Å². The SMILES string of the molecule is Cc1ccc(NC(=O)[C@@H]2[C@@H](c3cc(C(F)(F)F)nn3C)[C@H]3O[C@@H]2C[C@@H]3O)cc1C(F)(F)F. The van der Waals surface area contributed by atoms with Crippen LogP contribution in [0, 0.1) is 12.8 Å². The number of aliphatic hydroxyl groups excluding tert-OH is 1. The average molecular weight is 463 g/mol. The predicted molar refractivity (Wildman–Crippen MR) is 98.5 cm³/mol. The van der Waals surface area contributed by atoms with Crippen LogP contribution in [-0.2, 0) is 28.9 Å². The van der Waals surface area contributed by atoms with Gasteiger partial charge in [0.05, 0.1) is 29.8 Å². The molecular formula is C20H19F6N3O3. The van der Waals surface area contributed by atoms with Crippen molar-refractivity contribution < 1.29 is 41.0 Å². The van der Waals surface area contributed by atoms with Gasteiger partial charge < -0.3 is 15.2 Å². The number of alkyl halides is 6. The van der Waals surface area contributed by atoms with Gasteiger partial charge in [0, 0.05) is 30.8 Å². The summed E-state index contributed by atoms with van der Waals surface area (Å²) in [7, 11) is 1.29. The molecule has 12 heteroatoms. The maximum atomic E-state index is 13.2. The van der Waals surface area contributed by atoms with Crippen molar-refractivity contribution in [2.24, 2.45) is 13.0 Å². The number of halogens is 6. The molecule has 2 aliphatic rings. The number of ether oxygens (including phenoxy) is 1. The lowest BCUT2D eigenvalue weighted by atomic mass is 9.75. The number of benzene rings is 1. The summed E-state index contributed by atoms with van der Waals surface area (Å²) >= 11 is 0. The summed E-state index contributed by atoms with van der Waals surface area (Å²) < 4.78 is 85.6. The third-order valence-corrected chi connectivity index (χ3v) is 5.99. The van der Waals surface area contributed by atoms with Crippen LogP contribution in [0.3, 0.4) is 0 Å². The van der Waals surface area contributed by atoms with Gasteiger partial charge in [-0.05, 0) is 30.7 Å². The molecular weight excluding hydrogens is 444 g/mol. The zero-order valence-corrected chi connectivity index (χ0v) is 16.8. The number of aryl methyl sites for hydroxylation is 2. The number of aromatic nitrogens is 2. The molecule has 32 heavy (non-hydrogen) atoms. The second-order valence-electron chi connectivity index (χ2n) is 8.09. The van der Waals surface area contributed by atoms with Gasteiger partial charge in [-0.3, -0.25) is 9.48 Å². The quantitative estimate of drug-likeness (QED) is 0.682. The van der Waals surface area contributed by atoms with Gasteiger partial charge in [-0.1, -0.05) is 6.07 Å². The first-order valence-electron chi connectivity index (χ1n) is 9.70. The molecule has 2 aromatic rings. The zero-order chi connectivity index (χ0) is 23.6. The van der Waals surface area contributed by atoms with E-state index in [1.165, 1.54) is 26.1 Å². The van der Waals surface area contributed by atoms with Crippen molar-refractivity contribution in [1.29, 1.82) is 0 Å². The number of fused-ring (bicyclic) bond motifs is 2. The molecule has 0 radical (unpaired) electrons. The Balaban J connectivity index is 1.65. The van der Waals surface area contributed by atoms with E-state index >= 15 is 0 Å². The van der Waals surface area contributed by atoms with Gasteiger partial charge in [0.15, 0.2) is 5.69 Å². The summed E-state index contributed by atoms with van der Waals surface area (Å²) in [5, 5.41) is 16.1. The van der Waals surface area contributed by atoms with Gasteiger partial charge in [0.25, 0.3) is 0 Å². The number of carbonyl (C=O) groups is 1. The van der Waals surface area contributed by atoms with Gasteiger partial charge in [0.1, 0.15) is 0 Å². The van der Waals surface area contributed by atoms with Crippen LogP contribution in [0.2, 0.25) is 0 Å². The van der Waals surface area contributed by atoms with Crippen molar-refractivity contribution in [1.82, 2.24) is 9.78 Å². The van der Waals surface area contributed by atoms with Crippen LogP contribution in [0.1, 0.15) is 34.9 Å². The molecule has 2 fully saturated rings. The van der Waals surface area contributed by atoms with Gasteiger partial charge in [-0.15, -0.1) is 0 Å². The van der Waals surface area contributed by atoms with E-state index in [0.717, 1.165) is 16.8 Å². The Hall–Kier alpha value is -2.60. The maximum absolute atomic E-state index is 13.2. The third kappa shape index (κ3) is 3.85. The molecule has 1 aromatic heterocycles. The van der Waals surface area contributed by atoms with Crippen molar-refractivity contribution in [3.63, 3.8) is 0 Å². The molecule has 4 rings (SSSR count). The van der Waals surface area contributed by atoms with Crippen molar-refractivity contribution >= 4 is 11.6 Å². The largest absolute Gasteiger partial charge is 0.435 e. The van der Waals surface area contributed by atoms with Crippen molar-refractivity contribution in [3.05, 3.63) is 46.8 Å². The van der Waals surface area contributed by atoms with E-state index in [0.29, 0.717) is 0 Å².